The summed E-state index contributed by atoms with van der Waals surface area (Å²) < 4.78 is 5.27. The Balaban J connectivity index is 2.91. The van der Waals surface area contributed by atoms with Crippen molar-refractivity contribution in [3.63, 3.8) is 0 Å². The van der Waals surface area contributed by atoms with Crippen LogP contribution in [0.3, 0.4) is 0 Å². The number of pyridine rings is 1. The van der Waals surface area contributed by atoms with E-state index in [0.29, 0.717) is 11.3 Å². The number of nitrogens with zero attached hydrogens (tertiary/aromatic N) is 1. The lowest BCUT2D eigenvalue weighted by Crippen LogP contribution is -2.12. The SMILES string of the molecule is COc1cccc2nc(C)cc(C(=N)N)c12. The van der Waals surface area contributed by atoms with Gasteiger partial charge in [0.25, 0.3) is 0 Å². The monoisotopic (exact) mass is 215 g/mol. The summed E-state index contributed by atoms with van der Waals surface area (Å²) in [6.45, 7) is 1.88. The van der Waals surface area contributed by atoms with Crippen molar-refractivity contribution < 1.29 is 4.74 Å². The summed E-state index contributed by atoms with van der Waals surface area (Å²) in [7, 11) is 1.60. The summed E-state index contributed by atoms with van der Waals surface area (Å²) >= 11 is 0. The molecule has 0 spiro atoms. The van der Waals surface area contributed by atoms with Gasteiger partial charge in [-0.2, -0.15) is 0 Å². The van der Waals surface area contributed by atoms with E-state index in [-0.39, 0.29) is 5.84 Å². The fraction of sp³-hybridized carbons (Fsp3) is 0.167. The Morgan fingerprint density at radius 2 is 2.19 bits per heavy atom. The topological polar surface area (TPSA) is 72.0 Å². The van der Waals surface area contributed by atoms with Gasteiger partial charge in [-0.25, -0.2) is 0 Å². The summed E-state index contributed by atoms with van der Waals surface area (Å²) in [5.41, 5.74) is 7.87. The van der Waals surface area contributed by atoms with Crippen LogP contribution in [0, 0.1) is 12.3 Å². The van der Waals surface area contributed by atoms with Gasteiger partial charge < -0.3 is 10.5 Å². The average molecular weight is 215 g/mol. The fourth-order valence-corrected chi connectivity index (χ4v) is 1.77. The molecule has 4 heteroatoms. The highest BCUT2D eigenvalue weighted by Gasteiger charge is 2.10. The molecule has 2 aromatic rings. The number of aryl methyl sites for hydroxylation is 1. The van der Waals surface area contributed by atoms with Gasteiger partial charge in [-0.1, -0.05) is 6.07 Å². The van der Waals surface area contributed by atoms with Crippen molar-refractivity contribution >= 4 is 16.7 Å². The van der Waals surface area contributed by atoms with Crippen LogP contribution < -0.4 is 10.5 Å². The number of nitrogens with one attached hydrogen (secondary N) is 1. The van der Waals surface area contributed by atoms with Gasteiger partial charge in [-0.3, -0.25) is 10.4 Å². The van der Waals surface area contributed by atoms with Gasteiger partial charge in [0.1, 0.15) is 11.6 Å². The second kappa shape index (κ2) is 3.81. The van der Waals surface area contributed by atoms with Gasteiger partial charge in [-0.15, -0.1) is 0 Å². The first-order valence-corrected chi connectivity index (χ1v) is 4.92. The van der Waals surface area contributed by atoms with Crippen molar-refractivity contribution in [3.05, 3.63) is 35.5 Å². The largest absolute Gasteiger partial charge is 0.496 e. The maximum Gasteiger partial charge on any atom is 0.129 e. The fourth-order valence-electron chi connectivity index (χ4n) is 1.77. The molecule has 0 bridgehead atoms. The van der Waals surface area contributed by atoms with Crippen LogP contribution in [-0.4, -0.2) is 17.9 Å². The Kier molecular flexibility index (Phi) is 2.48. The molecule has 0 radical (unpaired) electrons. The van der Waals surface area contributed by atoms with Crippen molar-refractivity contribution in [1.82, 2.24) is 4.98 Å². The van der Waals surface area contributed by atoms with E-state index in [4.69, 9.17) is 15.9 Å². The molecule has 1 aromatic heterocycles. The first-order valence-electron chi connectivity index (χ1n) is 4.92. The van der Waals surface area contributed by atoms with Crippen LogP contribution in [0.15, 0.2) is 24.3 Å². The first-order chi connectivity index (χ1) is 7.63. The zero-order valence-electron chi connectivity index (χ0n) is 9.24. The third kappa shape index (κ3) is 1.58. The molecule has 0 fully saturated rings. The molecule has 3 N–H and O–H groups in total. The maximum absolute atomic E-state index is 7.58. The maximum atomic E-state index is 7.58. The normalized spacial score (nSPS) is 10.4. The van der Waals surface area contributed by atoms with Gasteiger partial charge in [0.15, 0.2) is 0 Å². The number of hydrogen-bond acceptors (Lipinski definition) is 3. The minimum absolute atomic E-state index is 0.0278. The van der Waals surface area contributed by atoms with E-state index in [2.05, 4.69) is 4.98 Å². The number of hydrogen-bond donors (Lipinski definition) is 2. The second-order valence-corrected chi connectivity index (χ2v) is 3.58. The van der Waals surface area contributed by atoms with Crippen LogP contribution in [0.2, 0.25) is 0 Å². The quantitative estimate of drug-likeness (QED) is 0.593. The second-order valence-electron chi connectivity index (χ2n) is 3.58. The number of benzene rings is 1. The highest BCUT2D eigenvalue weighted by molar-refractivity contribution is 6.08. The molecule has 16 heavy (non-hydrogen) atoms. The predicted molar refractivity (Wildman–Crippen MR) is 64.0 cm³/mol. The lowest BCUT2D eigenvalue weighted by molar-refractivity contribution is 0.419. The van der Waals surface area contributed by atoms with Crippen LogP contribution in [0.1, 0.15) is 11.3 Å². The minimum atomic E-state index is 0.0278. The summed E-state index contributed by atoms with van der Waals surface area (Å²) in [5.74, 6) is 0.718. The van der Waals surface area contributed by atoms with Gasteiger partial charge in [-0.05, 0) is 25.1 Å². The van der Waals surface area contributed by atoms with Crippen molar-refractivity contribution in [2.24, 2.45) is 5.73 Å². The number of fused-ring (bicyclic) bond motifs is 1. The lowest BCUT2D eigenvalue weighted by atomic mass is 10.1. The third-order valence-corrected chi connectivity index (χ3v) is 2.43. The van der Waals surface area contributed by atoms with Crippen molar-refractivity contribution in [2.75, 3.05) is 7.11 Å². The number of nitrogens with two attached hydrogens (primary N) is 1. The number of amidine groups is 1. The molecule has 0 saturated heterocycles. The van der Waals surface area contributed by atoms with E-state index in [1.165, 1.54) is 0 Å². The van der Waals surface area contributed by atoms with E-state index >= 15 is 0 Å². The minimum Gasteiger partial charge on any atom is -0.496 e. The highest BCUT2D eigenvalue weighted by Crippen LogP contribution is 2.27. The zero-order valence-corrected chi connectivity index (χ0v) is 9.24. The molecule has 2 rings (SSSR count). The number of methoxy groups -OCH3 is 1. The van der Waals surface area contributed by atoms with Crippen LogP contribution in [0.4, 0.5) is 0 Å². The molecule has 1 heterocycles. The third-order valence-electron chi connectivity index (χ3n) is 2.43. The Morgan fingerprint density at radius 3 is 2.81 bits per heavy atom. The Bertz CT molecular complexity index is 563. The van der Waals surface area contributed by atoms with Gasteiger partial charge in [0.05, 0.1) is 18.0 Å². The number of aromatic nitrogens is 1. The molecule has 0 unspecified atom stereocenters. The molecule has 0 aliphatic heterocycles. The van der Waals surface area contributed by atoms with Crippen LogP contribution in [0.5, 0.6) is 5.75 Å². The molecule has 0 amide bonds. The predicted octanol–water partition coefficient (Wildman–Crippen LogP) is 1.84. The molecule has 4 nitrogen and oxygen atoms in total. The van der Waals surface area contributed by atoms with E-state index < -0.39 is 0 Å². The van der Waals surface area contributed by atoms with Crippen molar-refractivity contribution in [2.45, 2.75) is 6.92 Å². The average Bonchev–Trinajstić information content (AvgIpc) is 2.26. The number of rotatable bonds is 2. The van der Waals surface area contributed by atoms with E-state index in [0.717, 1.165) is 16.6 Å². The van der Waals surface area contributed by atoms with Crippen LogP contribution >= 0.6 is 0 Å². The molecule has 0 aliphatic carbocycles. The molecule has 0 aliphatic rings. The smallest absolute Gasteiger partial charge is 0.129 e. The van der Waals surface area contributed by atoms with E-state index in [1.54, 1.807) is 13.2 Å². The van der Waals surface area contributed by atoms with Crippen LogP contribution in [-0.2, 0) is 0 Å². The highest BCUT2D eigenvalue weighted by atomic mass is 16.5. The van der Waals surface area contributed by atoms with Gasteiger partial charge in [0, 0.05) is 11.3 Å². The summed E-state index contributed by atoms with van der Waals surface area (Å²) in [6, 6.07) is 7.40. The Morgan fingerprint density at radius 1 is 1.44 bits per heavy atom. The van der Waals surface area contributed by atoms with Crippen molar-refractivity contribution in [1.29, 1.82) is 5.41 Å². The van der Waals surface area contributed by atoms with Crippen LogP contribution in [0.25, 0.3) is 10.9 Å². The number of ether oxygens (including phenoxy) is 1. The zero-order chi connectivity index (χ0) is 11.7. The molecule has 0 saturated carbocycles. The Hall–Kier alpha value is -2.10. The van der Waals surface area contributed by atoms with E-state index in [1.807, 2.05) is 25.1 Å². The number of nitrogen functional groups attached to an aromatic ring is 1. The summed E-state index contributed by atoms with van der Waals surface area (Å²) in [4.78, 5) is 4.40. The first kappa shape index (κ1) is 10.4. The molecule has 0 atom stereocenters. The molecule has 1 aromatic carbocycles. The molecular weight excluding hydrogens is 202 g/mol. The van der Waals surface area contributed by atoms with Gasteiger partial charge >= 0.3 is 0 Å². The standard InChI is InChI=1S/C12H13N3O/c1-7-6-8(12(13)14)11-9(15-7)4-3-5-10(11)16-2/h3-6H,1-2H3,(H3,13,14). The lowest BCUT2D eigenvalue weighted by Gasteiger charge is -2.10. The molecule has 82 valence electrons. The van der Waals surface area contributed by atoms with E-state index in [9.17, 15) is 0 Å². The molecular formula is C12H13N3O. The summed E-state index contributed by atoms with van der Waals surface area (Å²) in [6.07, 6.45) is 0. The van der Waals surface area contributed by atoms with Gasteiger partial charge in [0.2, 0.25) is 0 Å². The Labute approximate surface area is 93.6 Å². The summed E-state index contributed by atoms with van der Waals surface area (Å²) in [5, 5.41) is 8.37. The van der Waals surface area contributed by atoms with Crippen molar-refractivity contribution in [3.8, 4) is 5.75 Å².